The van der Waals surface area contributed by atoms with E-state index < -0.39 is 0 Å². The van der Waals surface area contributed by atoms with E-state index in [1.54, 1.807) is 0 Å². The molecule has 0 aliphatic heterocycles. The average molecular weight is 496 g/mol. The Kier molecular flexibility index (Phi) is 5.47. The van der Waals surface area contributed by atoms with Crippen molar-refractivity contribution in [1.29, 1.82) is 5.26 Å². The monoisotopic (exact) mass is 495 g/mol. The third kappa shape index (κ3) is 3.86. The summed E-state index contributed by atoms with van der Waals surface area (Å²) in [5, 5.41) is 17.0. The molecular weight excluding hydrogens is 470 g/mol. The van der Waals surface area contributed by atoms with Crippen LogP contribution in [-0.2, 0) is 0 Å². The number of fused-ring (bicyclic) bond motifs is 3. The molecule has 0 aromatic heterocycles. The third-order valence-electron chi connectivity index (χ3n) is 7.74. The quantitative estimate of drug-likeness (QED) is 0.224. The van der Waals surface area contributed by atoms with Gasteiger partial charge in [0.15, 0.2) is 0 Å². The van der Waals surface area contributed by atoms with Gasteiger partial charge in [0.05, 0.1) is 11.6 Å². The van der Waals surface area contributed by atoms with Crippen LogP contribution < -0.4 is 0 Å². The molecule has 7 aromatic carbocycles. The van der Waals surface area contributed by atoms with E-state index in [2.05, 4.69) is 134 Å². The standard InChI is InChI=1S/C38H25N/c1-25-14-20-34-35(22-25)37(30-18-16-28(17-19-30)27-8-3-2-4-9-27)33-21-15-26(24-39)23-36(33)38(34)32-13-7-11-29-10-5-6-12-31(29)32/h2-23H,1H3. The average Bonchev–Trinajstić information content (AvgIpc) is 3.00. The van der Waals surface area contributed by atoms with Crippen molar-refractivity contribution in [3.05, 3.63) is 145 Å². The fourth-order valence-corrected chi connectivity index (χ4v) is 5.92. The molecule has 0 fully saturated rings. The fourth-order valence-electron chi connectivity index (χ4n) is 5.92. The van der Waals surface area contributed by atoms with Gasteiger partial charge in [-0.3, -0.25) is 0 Å². The first-order valence-corrected chi connectivity index (χ1v) is 13.3. The van der Waals surface area contributed by atoms with Crippen molar-refractivity contribution in [3.8, 4) is 39.4 Å². The number of rotatable bonds is 3. The summed E-state index contributed by atoms with van der Waals surface area (Å²) in [7, 11) is 0. The Morgan fingerprint density at radius 2 is 1.10 bits per heavy atom. The normalized spacial score (nSPS) is 11.2. The van der Waals surface area contributed by atoms with Gasteiger partial charge in [0.25, 0.3) is 0 Å². The Hall–Kier alpha value is -5.19. The van der Waals surface area contributed by atoms with Crippen LogP contribution in [0.15, 0.2) is 133 Å². The van der Waals surface area contributed by atoms with Crippen molar-refractivity contribution >= 4 is 32.3 Å². The first kappa shape index (κ1) is 23.0. The van der Waals surface area contributed by atoms with Crippen molar-refractivity contribution in [2.24, 2.45) is 0 Å². The van der Waals surface area contributed by atoms with E-state index in [1.807, 2.05) is 12.1 Å². The predicted octanol–water partition coefficient (Wildman–Crippen LogP) is 10.3. The van der Waals surface area contributed by atoms with Gasteiger partial charge in [-0.25, -0.2) is 0 Å². The second-order valence-corrected chi connectivity index (χ2v) is 10.1. The molecule has 0 saturated heterocycles. The molecule has 0 unspecified atom stereocenters. The van der Waals surface area contributed by atoms with Crippen molar-refractivity contribution in [2.75, 3.05) is 0 Å². The summed E-state index contributed by atoms with van der Waals surface area (Å²) in [6.07, 6.45) is 0. The lowest BCUT2D eigenvalue weighted by Crippen LogP contribution is -1.93. The van der Waals surface area contributed by atoms with Gasteiger partial charge in [0.1, 0.15) is 0 Å². The summed E-state index contributed by atoms with van der Waals surface area (Å²) >= 11 is 0. The second kappa shape index (κ2) is 9.28. The smallest absolute Gasteiger partial charge is 0.0991 e. The predicted molar refractivity (Wildman–Crippen MR) is 165 cm³/mol. The van der Waals surface area contributed by atoms with E-state index in [4.69, 9.17) is 0 Å². The maximum atomic E-state index is 9.86. The van der Waals surface area contributed by atoms with Crippen molar-refractivity contribution in [2.45, 2.75) is 6.92 Å². The zero-order chi connectivity index (χ0) is 26.3. The van der Waals surface area contributed by atoms with Crippen molar-refractivity contribution in [1.82, 2.24) is 0 Å². The van der Waals surface area contributed by atoms with Gasteiger partial charge < -0.3 is 0 Å². The second-order valence-electron chi connectivity index (χ2n) is 10.1. The lowest BCUT2D eigenvalue weighted by atomic mass is 9.83. The van der Waals surface area contributed by atoms with Crippen LogP contribution in [0.2, 0.25) is 0 Å². The van der Waals surface area contributed by atoms with E-state index in [9.17, 15) is 5.26 Å². The molecule has 7 aromatic rings. The Bertz CT molecular complexity index is 2050. The lowest BCUT2D eigenvalue weighted by molar-refractivity contribution is 1.49. The van der Waals surface area contributed by atoms with Crippen LogP contribution in [-0.4, -0.2) is 0 Å². The Labute approximate surface area is 228 Å². The highest BCUT2D eigenvalue weighted by Gasteiger charge is 2.19. The van der Waals surface area contributed by atoms with Crippen LogP contribution in [0.4, 0.5) is 0 Å². The largest absolute Gasteiger partial charge is 0.192 e. The minimum atomic E-state index is 0.667. The highest BCUT2D eigenvalue weighted by atomic mass is 14.3. The molecule has 1 heteroatoms. The van der Waals surface area contributed by atoms with Gasteiger partial charge in [-0.1, -0.05) is 127 Å². The van der Waals surface area contributed by atoms with Gasteiger partial charge in [-0.2, -0.15) is 5.26 Å². The topological polar surface area (TPSA) is 23.8 Å². The van der Waals surface area contributed by atoms with Crippen molar-refractivity contribution in [3.63, 3.8) is 0 Å². The van der Waals surface area contributed by atoms with Crippen LogP contribution in [0, 0.1) is 18.3 Å². The summed E-state index contributed by atoms with van der Waals surface area (Å²) in [5.41, 5.74) is 9.04. The molecule has 0 aliphatic rings. The number of hydrogen-bond acceptors (Lipinski definition) is 1. The first-order valence-electron chi connectivity index (χ1n) is 13.3. The summed E-state index contributed by atoms with van der Waals surface area (Å²) in [6, 6.07) is 49.7. The molecule has 0 spiro atoms. The molecule has 0 aliphatic carbocycles. The van der Waals surface area contributed by atoms with E-state index >= 15 is 0 Å². The van der Waals surface area contributed by atoms with E-state index in [0.29, 0.717) is 5.56 Å². The van der Waals surface area contributed by atoms with Crippen molar-refractivity contribution < 1.29 is 0 Å². The molecule has 0 saturated carbocycles. The molecule has 0 heterocycles. The summed E-state index contributed by atoms with van der Waals surface area (Å²) < 4.78 is 0. The summed E-state index contributed by atoms with van der Waals surface area (Å²) in [6.45, 7) is 2.16. The molecule has 182 valence electrons. The maximum Gasteiger partial charge on any atom is 0.0991 e. The molecule has 7 rings (SSSR count). The number of nitriles is 1. The summed E-state index contributed by atoms with van der Waals surface area (Å²) in [5.74, 6) is 0. The summed E-state index contributed by atoms with van der Waals surface area (Å²) in [4.78, 5) is 0. The van der Waals surface area contributed by atoms with Gasteiger partial charge in [-0.05, 0) is 84.8 Å². The zero-order valence-corrected chi connectivity index (χ0v) is 21.6. The van der Waals surface area contributed by atoms with Crippen LogP contribution in [0.1, 0.15) is 11.1 Å². The van der Waals surface area contributed by atoms with E-state index in [0.717, 1.165) is 10.8 Å². The lowest BCUT2D eigenvalue weighted by Gasteiger charge is -2.19. The molecule has 0 N–H and O–H groups in total. The minimum Gasteiger partial charge on any atom is -0.192 e. The van der Waals surface area contributed by atoms with Gasteiger partial charge in [0, 0.05) is 0 Å². The highest BCUT2D eigenvalue weighted by Crippen LogP contribution is 2.46. The molecule has 0 amide bonds. The number of nitrogens with zero attached hydrogens (tertiary/aromatic N) is 1. The number of benzene rings is 7. The molecular formula is C38H25N. The molecule has 0 bridgehead atoms. The van der Waals surface area contributed by atoms with Crippen LogP contribution in [0.5, 0.6) is 0 Å². The SMILES string of the molecule is Cc1ccc2c(-c3cccc4ccccc34)c3cc(C#N)ccc3c(-c3ccc(-c4ccccc4)cc3)c2c1. The minimum absolute atomic E-state index is 0.667. The van der Waals surface area contributed by atoms with E-state index in [1.165, 1.54) is 60.5 Å². The number of hydrogen-bond donors (Lipinski definition) is 0. The van der Waals surface area contributed by atoms with Crippen LogP contribution in [0.25, 0.3) is 65.7 Å². The highest BCUT2D eigenvalue weighted by molar-refractivity contribution is 6.23. The van der Waals surface area contributed by atoms with Gasteiger partial charge in [0.2, 0.25) is 0 Å². The fraction of sp³-hybridized carbons (Fsp3) is 0.0263. The van der Waals surface area contributed by atoms with Gasteiger partial charge >= 0.3 is 0 Å². The van der Waals surface area contributed by atoms with Crippen LogP contribution in [0.3, 0.4) is 0 Å². The van der Waals surface area contributed by atoms with Crippen LogP contribution >= 0.6 is 0 Å². The Balaban J connectivity index is 1.59. The third-order valence-corrected chi connectivity index (χ3v) is 7.74. The number of aryl methyl sites for hydroxylation is 1. The molecule has 39 heavy (non-hydrogen) atoms. The zero-order valence-electron chi connectivity index (χ0n) is 21.6. The van der Waals surface area contributed by atoms with Gasteiger partial charge in [-0.15, -0.1) is 0 Å². The van der Waals surface area contributed by atoms with E-state index in [-0.39, 0.29) is 0 Å². The Morgan fingerprint density at radius 3 is 1.92 bits per heavy atom. The first-order chi connectivity index (χ1) is 19.2. The molecule has 0 radical (unpaired) electrons. The maximum absolute atomic E-state index is 9.86. The molecule has 1 nitrogen and oxygen atoms in total. The molecule has 0 atom stereocenters. The Morgan fingerprint density at radius 1 is 0.462 bits per heavy atom.